The average Bonchev–Trinajstić information content (AvgIpc) is 3.00. The number of nitrogens with zero attached hydrogens (tertiary/aromatic N) is 3. The molecule has 2 atom stereocenters. The molecule has 0 aliphatic heterocycles. The van der Waals surface area contributed by atoms with E-state index in [-0.39, 0.29) is 5.91 Å². The lowest BCUT2D eigenvalue weighted by molar-refractivity contribution is 0.0954. The maximum absolute atomic E-state index is 12.3. The number of aromatic nitrogens is 2. The van der Waals surface area contributed by atoms with E-state index in [9.17, 15) is 4.79 Å². The molecule has 1 aromatic carbocycles. The van der Waals surface area contributed by atoms with Crippen molar-refractivity contribution in [2.24, 2.45) is 16.9 Å². The number of benzene rings is 1. The van der Waals surface area contributed by atoms with Gasteiger partial charge in [-0.05, 0) is 56.4 Å². The fourth-order valence-corrected chi connectivity index (χ4v) is 4.41. The molecule has 5 nitrogen and oxygen atoms in total. The molecule has 0 unspecified atom stereocenters. The number of carbonyl (C=O) groups excluding carboxylic acids is 1. The summed E-state index contributed by atoms with van der Waals surface area (Å²) in [5, 5.41) is 5.10. The highest BCUT2D eigenvalue weighted by Crippen LogP contribution is 2.40. The summed E-state index contributed by atoms with van der Waals surface area (Å²) in [6.07, 6.45) is 6.49. The van der Waals surface area contributed by atoms with Gasteiger partial charge in [-0.15, -0.1) is 0 Å². The van der Waals surface area contributed by atoms with Crippen molar-refractivity contribution in [3.05, 3.63) is 65.0 Å². The van der Waals surface area contributed by atoms with Gasteiger partial charge in [-0.25, -0.2) is 15.4 Å². The van der Waals surface area contributed by atoms with Crippen LogP contribution in [0.1, 0.15) is 40.2 Å². The van der Waals surface area contributed by atoms with E-state index in [1.165, 1.54) is 0 Å². The first kappa shape index (κ1) is 17.9. The molecule has 0 spiro atoms. The molecule has 6 heteroatoms. The zero-order valence-corrected chi connectivity index (χ0v) is 16.3. The molecule has 0 radical (unpaired) electrons. The molecule has 2 aromatic rings. The van der Waals surface area contributed by atoms with Gasteiger partial charge in [-0.3, -0.25) is 4.79 Å². The summed E-state index contributed by atoms with van der Waals surface area (Å²) >= 11 is 1.60. The molecule has 0 bridgehead atoms. The third-order valence-electron chi connectivity index (χ3n) is 5.01. The van der Waals surface area contributed by atoms with E-state index in [1.54, 1.807) is 11.8 Å². The molecule has 2 aliphatic carbocycles. The SMILES string of the molecule is Cc1cc(C)nc(SCc2ccc(C(=O)N/N=C3/C[C@@H]4C=CC[C@H]34)cc2)n1. The lowest BCUT2D eigenvalue weighted by Crippen LogP contribution is -2.35. The normalized spacial score (nSPS) is 21.8. The van der Waals surface area contributed by atoms with E-state index >= 15 is 0 Å². The zero-order valence-electron chi connectivity index (χ0n) is 15.5. The Morgan fingerprint density at radius 3 is 2.67 bits per heavy atom. The summed E-state index contributed by atoms with van der Waals surface area (Å²) in [7, 11) is 0. The number of hydrogen-bond donors (Lipinski definition) is 1. The van der Waals surface area contributed by atoms with Gasteiger partial charge in [0.05, 0.1) is 0 Å². The van der Waals surface area contributed by atoms with Crippen LogP contribution in [0.15, 0.2) is 52.7 Å². The second-order valence-electron chi connectivity index (χ2n) is 7.10. The lowest BCUT2D eigenvalue weighted by Gasteiger charge is -2.31. The Kier molecular flexibility index (Phi) is 5.07. The van der Waals surface area contributed by atoms with Crippen LogP contribution in [0, 0.1) is 25.7 Å². The van der Waals surface area contributed by atoms with Crippen molar-refractivity contribution >= 4 is 23.4 Å². The Morgan fingerprint density at radius 1 is 1.22 bits per heavy atom. The molecule has 2 aliphatic rings. The summed E-state index contributed by atoms with van der Waals surface area (Å²) < 4.78 is 0. The summed E-state index contributed by atoms with van der Waals surface area (Å²) in [6, 6.07) is 9.59. The van der Waals surface area contributed by atoms with Gasteiger partial charge in [0.25, 0.3) is 5.91 Å². The predicted molar refractivity (Wildman–Crippen MR) is 108 cm³/mol. The number of allylic oxidation sites excluding steroid dienone is 2. The first-order chi connectivity index (χ1) is 13.1. The van der Waals surface area contributed by atoms with Gasteiger partial charge in [0.1, 0.15) is 0 Å². The van der Waals surface area contributed by atoms with Crippen molar-refractivity contribution < 1.29 is 4.79 Å². The second kappa shape index (κ2) is 7.64. The van der Waals surface area contributed by atoms with E-state index in [2.05, 4.69) is 32.6 Å². The minimum absolute atomic E-state index is 0.159. The number of aryl methyl sites for hydroxylation is 2. The van der Waals surface area contributed by atoms with Gasteiger partial charge in [0.2, 0.25) is 0 Å². The van der Waals surface area contributed by atoms with E-state index in [4.69, 9.17) is 0 Å². The Morgan fingerprint density at radius 2 is 1.96 bits per heavy atom. The Labute approximate surface area is 163 Å². The number of hydrazone groups is 1. The first-order valence-corrected chi connectivity index (χ1v) is 10.1. The van der Waals surface area contributed by atoms with Crippen LogP contribution in [0.5, 0.6) is 0 Å². The van der Waals surface area contributed by atoms with Gasteiger partial charge in [-0.1, -0.05) is 36.0 Å². The van der Waals surface area contributed by atoms with Gasteiger partial charge in [0, 0.05) is 34.3 Å². The number of nitrogens with one attached hydrogen (secondary N) is 1. The maximum atomic E-state index is 12.3. The van der Waals surface area contributed by atoms with Crippen molar-refractivity contribution in [1.29, 1.82) is 0 Å². The number of hydrogen-bond acceptors (Lipinski definition) is 5. The van der Waals surface area contributed by atoms with Crippen LogP contribution in [0.2, 0.25) is 0 Å². The van der Waals surface area contributed by atoms with Crippen molar-refractivity contribution in [3.63, 3.8) is 0 Å². The molecular formula is C21H22N4OS. The van der Waals surface area contributed by atoms with Crippen LogP contribution in [-0.2, 0) is 5.75 Å². The molecule has 27 heavy (non-hydrogen) atoms. The van der Waals surface area contributed by atoms with Crippen LogP contribution in [0.25, 0.3) is 0 Å². The van der Waals surface area contributed by atoms with Crippen molar-refractivity contribution in [2.45, 2.75) is 37.6 Å². The summed E-state index contributed by atoms with van der Waals surface area (Å²) in [6.45, 7) is 3.95. The van der Waals surface area contributed by atoms with E-state index in [1.807, 2.05) is 44.2 Å². The fourth-order valence-electron chi connectivity index (χ4n) is 3.51. The first-order valence-electron chi connectivity index (χ1n) is 9.16. The van der Waals surface area contributed by atoms with E-state index in [0.29, 0.717) is 17.4 Å². The Bertz CT molecular complexity index is 900. The topological polar surface area (TPSA) is 67.2 Å². The van der Waals surface area contributed by atoms with Crippen LogP contribution < -0.4 is 5.43 Å². The third kappa shape index (κ3) is 4.11. The summed E-state index contributed by atoms with van der Waals surface area (Å²) in [5.74, 6) is 1.76. The molecule has 1 fully saturated rings. The van der Waals surface area contributed by atoms with Crippen LogP contribution in [-0.4, -0.2) is 21.6 Å². The number of rotatable bonds is 5. The Balaban J connectivity index is 1.31. The highest BCUT2D eigenvalue weighted by molar-refractivity contribution is 7.98. The van der Waals surface area contributed by atoms with Crippen molar-refractivity contribution in [2.75, 3.05) is 0 Å². The minimum Gasteiger partial charge on any atom is -0.267 e. The standard InChI is InChI=1S/C21H22N4OS/c1-13-10-14(2)23-21(22-13)27-12-15-6-8-16(9-7-15)20(26)25-24-19-11-17-4-3-5-18(17)19/h3-4,6-10,17-18H,5,11-12H2,1-2H3,(H,25,26)/b24-19-/t17-,18-/m0/s1. The zero-order chi connectivity index (χ0) is 18.8. The highest BCUT2D eigenvalue weighted by atomic mass is 32.2. The van der Waals surface area contributed by atoms with Crippen LogP contribution in [0.3, 0.4) is 0 Å². The number of thioether (sulfide) groups is 1. The molecule has 1 N–H and O–H groups in total. The lowest BCUT2D eigenvalue weighted by atomic mass is 9.74. The maximum Gasteiger partial charge on any atom is 0.271 e. The number of amides is 1. The molecule has 1 saturated carbocycles. The van der Waals surface area contributed by atoms with Gasteiger partial charge >= 0.3 is 0 Å². The van der Waals surface area contributed by atoms with Crippen LogP contribution >= 0.6 is 11.8 Å². The van der Waals surface area contributed by atoms with Crippen molar-refractivity contribution in [3.8, 4) is 0 Å². The largest absolute Gasteiger partial charge is 0.271 e. The third-order valence-corrected chi connectivity index (χ3v) is 5.93. The van der Waals surface area contributed by atoms with Gasteiger partial charge in [-0.2, -0.15) is 5.10 Å². The van der Waals surface area contributed by atoms with Crippen LogP contribution in [0.4, 0.5) is 0 Å². The molecule has 1 amide bonds. The summed E-state index contributed by atoms with van der Waals surface area (Å²) in [4.78, 5) is 21.2. The predicted octanol–water partition coefficient (Wildman–Crippen LogP) is 4.07. The molecule has 1 aromatic heterocycles. The fraction of sp³-hybridized carbons (Fsp3) is 0.333. The Hall–Kier alpha value is -2.47. The second-order valence-corrected chi connectivity index (χ2v) is 8.04. The smallest absolute Gasteiger partial charge is 0.267 e. The van der Waals surface area contributed by atoms with E-state index in [0.717, 1.165) is 46.4 Å². The molecule has 0 saturated heterocycles. The minimum atomic E-state index is -0.159. The highest BCUT2D eigenvalue weighted by Gasteiger charge is 2.38. The monoisotopic (exact) mass is 378 g/mol. The average molecular weight is 379 g/mol. The van der Waals surface area contributed by atoms with Crippen molar-refractivity contribution in [1.82, 2.24) is 15.4 Å². The molecule has 138 valence electrons. The van der Waals surface area contributed by atoms with E-state index < -0.39 is 0 Å². The number of fused-ring (bicyclic) bond motifs is 1. The molecule has 4 rings (SSSR count). The molecule has 1 heterocycles. The van der Waals surface area contributed by atoms with Gasteiger partial charge in [0.15, 0.2) is 5.16 Å². The molecular weight excluding hydrogens is 356 g/mol. The quantitative estimate of drug-likeness (QED) is 0.369. The summed E-state index contributed by atoms with van der Waals surface area (Å²) in [5.41, 5.74) is 7.51. The van der Waals surface area contributed by atoms with Gasteiger partial charge < -0.3 is 0 Å². The number of carbonyl (C=O) groups is 1.